The second kappa shape index (κ2) is 10.0. The predicted molar refractivity (Wildman–Crippen MR) is 99.5 cm³/mol. The molecule has 2 aliphatic carbocycles. The molecule has 0 amide bonds. The van der Waals surface area contributed by atoms with Crippen LogP contribution in [0.1, 0.15) is 117 Å². The molecule has 0 aliphatic heterocycles. The summed E-state index contributed by atoms with van der Waals surface area (Å²) < 4.78 is 15.4. The quantitative estimate of drug-likeness (QED) is 0.379. The minimum absolute atomic E-state index is 0.390. The topological polar surface area (TPSA) is 0 Å². The summed E-state index contributed by atoms with van der Waals surface area (Å²) in [4.78, 5) is 0. The number of rotatable bonds is 9. The van der Waals surface area contributed by atoms with Gasteiger partial charge < -0.3 is 0 Å². The molecular weight excluding hydrogens is 283 g/mol. The highest BCUT2D eigenvalue weighted by Gasteiger charge is 2.43. The maximum atomic E-state index is 15.4. The number of hydrogen-bond donors (Lipinski definition) is 0. The molecule has 0 unspecified atom stereocenters. The number of hydrogen-bond acceptors (Lipinski definition) is 0. The first-order valence-electron chi connectivity index (χ1n) is 10.9. The van der Waals surface area contributed by atoms with E-state index in [1.807, 2.05) is 0 Å². The van der Waals surface area contributed by atoms with Crippen LogP contribution in [0.15, 0.2) is 0 Å². The van der Waals surface area contributed by atoms with Crippen molar-refractivity contribution in [2.24, 2.45) is 17.8 Å². The Hall–Kier alpha value is -0.0700. The van der Waals surface area contributed by atoms with E-state index >= 15 is 4.39 Å². The summed E-state index contributed by atoms with van der Waals surface area (Å²) in [6, 6.07) is 0. The van der Waals surface area contributed by atoms with E-state index in [1.165, 1.54) is 89.9 Å². The first-order valence-corrected chi connectivity index (χ1v) is 10.9. The lowest BCUT2D eigenvalue weighted by Gasteiger charge is -2.42. The fraction of sp³-hybridized carbons (Fsp3) is 1.00. The molecule has 2 saturated carbocycles. The summed E-state index contributed by atoms with van der Waals surface area (Å²) in [6.07, 6.45) is 19.9. The van der Waals surface area contributed by atoms with Crippen molar-refractivity contribution in [3.63, 3.8) is 0 Å². The van der Waals surface area contributed by atoms with E-state index in [0.717, 1.165) is 24.7 Å². The van der Waals surface area contributed by atoms with Crippen LogP contribution >= 0.6 is 0 Å². The van der Waals surface area contributed by atoms with E-state index in [2.05, 4.69) is 13.8 Å². The fourth-order valence-electron chi connectivity index (χ4n) is 5.27. The van der Waals surface area contributed by atoms with Gasteiger partial charge in [-0.1, -0.05) is 78.1 Å². The van der Waals surface area contributed by atoms with Crippen molar-refractivity contribution in [3.05, 3.63) is 0 Å². The van der Waals surface area contributed by atoms with E-state index in [-0.39, 0.29) is 0 Å². The third-order valence-corrected chi connectivity index (χ3v) is 6.93. The minimum atomic E-state index is -0.796. The monoisotopic (exact) mass is 324 g/mol. The Morgan fingerprint density at radius 3 is 1.91 bits per heavy atom. The van der Waals surface area contributed by atoms with Gasteiger partial charge in [0, 0.05) is 0 Å². The van der Waals surface area contributed by atoms with Crippen LogP contribution in [0.3, 0.4) is 0 Å². The molecule has 0 nitrogen and oxygen atoms in total. The van der Waals surface area contributed by atoms with Gasteiger partial charge >= 0.3 is 0 Å². The van der Waals surface area contributed by atoms with Gasteiger partial charge in [-0.25, -0.2) is 4.39 Å². The average molecular weight is 325 g/mol. The van der Waals surface area contributed by atoms with Gasteiger partial charge in [0.25, 0.3) is 0 Å². The van der Waals surface area contributed by atoms with Gasteiger partial charge in [0.05, 0.1) is 0 Å². The maximum Gasteiger partial charge on any atom is 0.113 e. The number of unbranched alkanes of at least 4 members (excludes halogenated alkanes) is 4. The molecule has 0 bridgehead atoms. The molecule has 0 spiro atoms. The van der Waals surface area contributed by atoms with Gasteiger partial charge in [0.15, 0.2) is 0 Å². The summed E-state index contributed by atoms with van der Waals surface area (Å²) >= 11 is 0. The van der Waals surface area contributed by atoms with Crippen molar-refractivity contribution in [1.29, 1.82) is 0 Å². The van der Waals surface area contributed by atoms with Crippen molar-refractivity contribution < 1.29 is 4.39 Å². The zero-order chi connectivity index (χ0) is 16.5. The minimum Gasteiger partial charge on any atom is -0.244 e. The summed E-state index contributed by atoms with van der Waals surface area (Å²) in [5.74, 6) is 2.12. The SMILES string of the molecule is CCCCCCCC1CCC(F)(C2CCC(CCC)CC2)CC1. The number of alkyl halides is 1. The second-order valence-electron chi connectivity index (χ2n) is 8.69. The van der Waals surface area contributed by atoms with E-state index in [9.17, 15) is 0 Å². The highest BCUT2D eigenvalue weighted by molar-refractivity contribution is 4.93. The van der Waals surface area contributed by atoms with Crippen LogP contribution < -0.4 is 0 Å². The molecule has 0 N–H and O–H groups in total. The van der Waals surface area contributed by atoms with Crippen molar-refractivity contribution in [2.45, 2.75) is 122 Å². The molecular formula is C22H41F. The van der Waals surface area contributed by atoms with Gasteiger partial charge in [-0.3, -0.25) is 0 Å². The summed E-state index contributed by atoms with van der Waals surface area (Å²) in [5.41, 5.74) is -0.796. The Morgan fingerprint density at radius 2 is 1.30 bits per heavy atom. The Labute approximate surface area is 145 Å². The van der Waals surface area contributed by atoms with Gasteiger partial charge in [0.1, 0.15) is 5.67 Å². The van der Waals surface area contributed by atoms with E-state index in [4.69, 9.17) is 0 Å². The Balaban J connectivity index is 1.64. The highest BCUT2D eigenvalue weighted by atomic mass is 19.1. The first kappa shape index (κ1) is 19.3. The molecule has 0 heterocycles. The van der Waals surface area contributed by atoms with E-state index in [0.29, 0.717) is 5.92 Å². The van der Waals surface area contributed by atoms with Crippen molar-refractivity contribution >= 4 is 0 Å². The maximum absolute atomic E-state index is 15.4. The lowest BCUT2D eigenvalue weighted by molar-refractivity contribution is -0.00289. The molecule has 23 heavy (non-hydrogen) atoms. The zero-order valence-electron chi connectivity index (χ0n) is 15.9. The smallest absolute Gasteiger partial charge is 0.113 e. The standard InChI is InChI=1S/C22H41F/c1-3-5-6-7-8-10-20-15-17-22(23,18-16-20)21-13-11-19(9-4-2)12-14-21/h19-21H,3-18H2,1-2H3. The predicted octanol–water partition coefficient (Wildman–Crippen LogP) is 7.85. The van der Waals surface area contributed by atoms with Gasteiger partial charge in [-0.15, -0.1) is 0 Å². The third-order valence-electron chi connectivity index (χ3n) is 6.93. The molecule has 136 valence electrons. The average Bonchev–Trinajstić information content (AvgIpc) is 2.57. The Kier molecular flexibility index (Phi) is 8.41. The molecule has 0 radical (unpaired) electrons. The lowest BCUT2D eigenvalue weighted by Crippen LogP contribution is -2.39. The third kappa shape index (κ3) is 6.05. The summed E-state index contributed by atoms with van der Waals surface area (Å²) in [6.45, 7) is 4.56. The van der Waals surface area contributed by atoms with Crippen LogP contribution in [0.5, 0.6) is 0 Å². The summed E-state index contributed by atoms with van der Waals surface area (Å²) in [5, 5.41) is 0. The molecule has 0 aromatic heterocycles. The van der Waals surface area contributed by atoms with Gasteiger partial charge in [-0.2, -0.15) is 0 Å². The van der Waals surface area contributed by atoms with Crippen molar-refractivity contribution in [1.82, 2.24) is 0 Å². The summed E-state index contributed by atoms with van der Waals surface area (Å²) in [7, 11) is 0. The van der Waals surface area contributed by atoms with Crippen LogP contribution in [0.4, 0.5) is 4.39 Å². The molecule has 0 aromatic rings. The molecule has 2 fully saturated rings. The van der Waals surface area contributed by atoms with E-state index < -0.39 is 5.67 Å². The Morgan fingerprint density at radius 1 is 0.696 bits per heavy atom. The van der Waals surface area contributed by atoms with Crippen LogP contribution in [0.25, 0.3) is 0 Å². The molecule has 0 atom stereocenters. The molecule has 1 heteroatoms. The zero-order valence-corrected chi connectivity index (χ0v) is 15.9. The van der Waals surface area contributed by atoms with Gasteiger partial charge in [-0.05, 0) is 56.3 Å². The first-order chi connectivity index (χ1) is 11.2. The Bertz CT molecular complexity index is 295. The highest BCUT2D eigenvalue weighted by Crippen LogP contribution is 2.47. The van der Waals surface area contributed by atoms with Crippen LogP contribution in [-0.4, -0.2) is 5.67 Å². The van der Waals surface area contributed by atoms with Crippen LogP contribution in [0, 0.1) is 17.8 Å². The lowest BCUT2D eigenvalue weighted by atomic mass is 9.66. The second-order valence-corrected chi connectivity index (χ2v) is 8.69. The van der Waals surface area contributed by atoms with E-state index in [1.54, 1.807) is 0 Å². The molecule has 0 saturated heterocycles. The number of halogens is 1. The van der Waals surface area contributed by atoms with Crippen molar-refractivity contribution in [2.75, 3.05) is 0 Å². The molecule has 0 aromatic carbocycles. The molecule has 2 aliphatic rings. The molecule has 2 rings (SSSR count). The largest absolute Gasteiger partial charge is 0.244 e. The van der Waals surface area contributed by atoms with Crippen LogP contribution in [-0.2, 0) is 0 Å². The van der Waals surface area contributed by atoms with Gasteiger partial charge in [0.2, 0.25) is 0 Å². The van der Waals surface area contributed by atoms with Crippen LogP contribution in [0.2, 0.25) is 0 Å². The van der Waals surface area contributed by atoms with Crippen molar-refractivity contribution in [3.8, 4) is 0 Å². The fourth-order valence-corrected chi connectivity index (χ4v) is 5.27. The normalized spacial score (nSPS) is 35.3.